The maximum Gasteiger partial charge on any atom is 0.295 e. The lowest BCUT2D eigenvalue weighted by atomic mass is 9.95. The van der Waals surface area contributed by atoms with Crippen LogP contribution in [0, 0.1) is 5.82 Å². The second-order valence-corrected chi connectivity index (χ2v) is 5.87. The monoisotopic (exact) mass is 355 g/mol. The third-order valence-corrected chi connectivity index (χ3v) is 4.32. The number of benzene rings is 2. The van der Waals surface area contributed by atoms with Crippen molar-refractivity contribution in [3.63, 3.8) is 0 Å². The molecule has 6 heteroatoms. The van der Waals surface area contributed by atoms with Crippen LogP contribution in [0.4, 0.5) is 4.39 Å². The maximum absolute atomic E-state index is 14.4. The van der Waals surface area contributed by atoms with Crippen LogP contribution in [0.25, 0.3) is 5.76 Å². The van der Waals surface area contributed by atoms with Crippen molar-refractivity contribution >= 4 is 17.4 Å². The molecule has 5 nitrogen and oxygen atoms in total. The SMILES string of the molecule is COCCN1C(=O)C(=O)/C(=C(/O)c2ccccc2)C1c1ccccc1F. The van der Waals surface area contributed by atoms with Crippen LogP contribution in [0.15, 0.2) is 60.2 Å². The van der Waals surface area contributed by atoms with Gasteiger partial charge in [-0.2, -0.15) is 0 Å². The Balaban J connectivity index is 2.19. The van der Waals surface area contributed by atoms with Crippen molar-refractivity contribution in [2.45, 2.75) is 6.04 Å². The average Bonchev–Trinajstić information content (AvgIpc) is 2.91. The number of ether oxygens (including phenoxy) is 1. The first-order chi connectivity index (χ1) is 12.6. The third kappa shape index (κ3) is 3.11. The number of rotatable bonds is 5. The summed E-state index contributed by atoms with van der Waals surface area (Å²) in [6.07, 6.45) is 0. The van der Waals surface area contributed by atoms with E-state index in [0.717, 1.165) is 0 Å². The van der Waals surface area contributed by atoms with Crippen LogP contribution in [-0.2, 0) is 14.3 Å². The Morgan fingerprint density at radius 3 is 2.42 bits per heavy atom. The van der Waals surface area contributed by atoms with Gasteiger partial charge in [0.15, 0.2) is 0 Å². The van der Waals surface area contributed by atoms with Gasteiger partial charge in [0.05, 0.1) is 18.2 Å². The summed E-state index contributed by atoms with van der Waals surface area (Å²) >= 11 is 0. The molecule has 1 saturated heterocycles. The topological polar surface area (TPSA) is 66.8 Å². The molecule has 3 rings (SSSR count). The number of carbonyl (C=O) groups excluding carboxylic acids is 2. The number of halogens is 1. The highest BCUT2D eigenvalue weighted by Crippen LogP contribution is 2.39. The van der Waals surface area contributed by atoms with E-state index in [9.17, 15) is 19.1 Å². The summed E-state index contributed by atoms with van der Waals surface area (Å²) in [5.41, 5.74) is 0.418. The zero-order valence-electron chi connectivity index (χ0n) is 14.2. The molecule has 2 aromatic rings. The normalized spacial score (nSPS) is 19.2. The fourth-order valence-electron chi connectivity index (χ4n) is 3.07. The number of amides is 1. The molecule has 1 heterocycles. The quantitative estimate of drug-likeness (QED) is 0.509. The summed E-state index contributed by atoms with van der Waals surface area (Å²) in [5, 5.41) is 10.7. The van der Waals surface area contributed by atoms with E-state index in [4.69, 9.17) is 4.74 Å². The fraction of sp³-hybridized carbons (Fsp3) is 0.200. The molecule has 0 saturated carbocycles. The molecular formula is C20H18FNO4. The summed E-state index contributed by atoms with van der Waals surface area (Å²) in [6, 6.07) is 13.3. The number of hydrogen-bond donors (Lipinski definition) is 1. The summed E-state index contributed by atoms with van der Waals surface area (Å²) in [7, 11) is 1.47. The molecule has 0 spiro atoms. The van der Waals surface area contributed by atoms with Gasteiger partial charge in [-0.1, -0.05) is 48.5 Å². The van der Waals surface area contributed by atoms with Gasteiger partial charge in [0.25, 0.3) is 11.7 Å². The minimum absolute atomic E-state index is 0.103. The molecule has 134 valence electrons. The fourth-order valence-corrected chi connectivity index (χ4v) is 3.07. The molecule has 26 heavy (non-hydrogen) atoms. The Hall–Kier alpha value is -2.99. The summed E-state index contributed by atoms with van der Waals surface area (Å²) in [4.78, 5) is 26.4. The lowest BCUT2D eigenvalue weighted by Gasteiger charge is -2.25. The van der Waals surface area contributed by atoms with Crippen LogP contribution in [-0.4, -0.2) is 42.0 Å². The van der Waals surface area contributed by atoms with Gasteiger partial charge >= 0.3 is 0 Å². The van der Waals surface area contributed by atoms with Gasteiger partial charge in [0.2, 0.25) is 0 Å². The number of Topliss-reactive ketones (excluding diaryl/α,β-unsaturated/α-hetero) is 1. The smallest absolute Gasteiger partial charge is 0.295 e. The number of methoxy groups -OCH3 is 1. The minimum atomic E-state index is -1.01. The van der Waals surface area contributed by atoms with Gasteiger partial charge < -0.3 is 14.7 Å². The molecule has 1 amide bonds. The number of aliphatic hydroxyl groups is 1. The van der Waals surface area contributed by atoms with Gasteiger partial charge in [-0.05, 0) is 6.07 Å². The van der Waals surface area contributed by atoms with Crippen LogP contribution in [0.5, 0.6) is 0 Å². The van der Waals surface area contributed by atoms with Crippen molar-refractivity contribution < 1.29 is 23.8 Å². The van der Waals surface area contributed by atoms with E-state index in [1.807, 2.05) is 0 Å². The van der Waals surface area contributed by atoms with Crippen LogP contribution in [0.3, 0.4) is 0 Å². The van der Waals surface area contributed by atoms with Crippen LogP contribution < -0.4 is 0 Å². The molecule has 0 radical (unpaired) electrons. The number of hydrogen-bond acceptors (Lipinski definition) is 4. The first-order valence-electron chi connectivity index (χ1n) is 8.13. The molecule has 1 fully saturated rings. The first kappa shape index (κ1) is 17.8. The molecule has 2 aromatic carbocycles. The van der Waals surface area contributed by atoms with E-state index in [2.05, 4.69) is 0 Å². The predicted octanol–water partition coefficient (Wildman–Crippen LogP) is 2.89. The lowest BCUT2D eigenvalue weighted by Crippen LogP contribution is -2.33. The second-order valence-electron chi connectivity index (χ2n) is 5.87. The van der Waals surface area contributed by atoms with Crippen LogP contribution in [0.1, 0.15) is 17.2 Å². The average molecular weight is 355 g/mol. The van der Waals surface area contributed by atoms with Crippen molar-refractivity contribution in [2.75, 3.05) is 20.3 Å². The molecule has 0 aliphatic carbocycles. The summed E-state index contributed by atoms with van der Waals surface area (Å²) in [6.45, 7) is 0.287. The van der Waals surface area contributed by atoms with E-state index in [0.29, 0.717) is 5.56 Å². The highest BCUT2D eigenvalue weighted by molar-refractivity contribution is 6.46. The first-order valence-corrected chi connectivity index (χ1v) is 8.13. The van der Waals surface area contributed by atoms with E-state index < -0.39 is 23.5 Å². The molecule has 1 aliphatic heterocycles. The van der Waals surface area contributed by atoms with Crippen molar-refractivity contribution in [3.8, 4) is 0 Å². The maximum atomic E-state index is 14.4. The minimum Gasteiger partial charge on any atom is -0.507 e. The predicted molar refractivity (Wildman–Crippen MR) is 93.7 cm³/mol. The Labute approximate surface area is 150 Å². The Morgan fingerprint density at radius 1 is 1.12 bits per heavy atom. The van der Waals surface area contributed by atoms with Crippen molar-refractivity contribution in [1.29, 1.82) is 0 Å². The molecule has 1 aliphatic rings. The Morgan fingerprint density at radius 2 is 1.77 bits per heavy atom. The molecule has 1 unspecified atom stereocenters. The molecule has 0 bridgehead atoms. The standard InChI is InChI=1S/C20H18FNO4/c1-26-12-11-22-17(14-9-5-6-10-15(14)21)16(19(24)20(22)25)18(23)13-7-3-2-4-8-13/h2-10,17,23H,11-12H2,1H3/b18-16+. The van der Waals surface area contributed by atoms with Gasteiger partial charge in [-0.3, -0.25) is 9.59 Å². The summed E-state index contributed by atoms with van der Waals surface area (Å²) < 4.78 is 19.5. The van der Waals surface area contributed by atoms with Crippen LogP contribution >= 0.6 is 0 Å². The summed E-state index contributed by atoms with van der Waals surface area (Å²) in [5.74, 6) is -2.50. The zero-order valence-corrected chi connectivity index (χ0v) is 14.2. The number of nitrogens with zero attached hydrogens (tertiary/aromatic N) is 1. The zero-order chi connectivity index (χ0) is 18.7. The third-order valence-electron chi connectivity index (χ3n) is 4.32. The van der Waals surface area contributed by atoms with Crippen molar-refractivity contribution in [2.24, 2.45) is 0 Å². The van der Waals surface area contributed by atoms with E-state index in [-0.39, 0.29) is 30.0 Å². The Kier molecular flexibility index (Phi) is 5.14. The number of aliphatic hydroxyl groups excluding tert-OH is 1. The number of ketones is 1. The Bertz CT molecular complexity index is 863. The molecular weight excluding hydrogens is 337 g/mol. The highest BCUT2D eigenvalue weighted by atomic mass is 19.1. The van der Waals surface area contributed by atoms with E-state index in [1.165, 1.54) is 30.2 Å². The van der Waals surface area contributed by atoms with Gasteiger partial charge in [-0.15, -0.1) is 0 Å². The molecule has 1 N–H and O–H groups in total. The number of carbonyl (C=O) groups is 2. The molecule has 0 aromatic heterocycles. The van der Waals surface area contributed by atoms with Gasteiger partial charge in [0, 0.05) is 24.8 Å². The van der Waals surface area contributed by atoms with Crippen LogP contribution in [0.2, 0.25) is 0 Å². The number of likely N-dealkylation sites (tertiary alicyclic amines) is 1. The molecule has 1 atom stereocenters. The largest absolute Gasteiger partial charge is 0.507 e. The lowest BCUT2D eigenvalue weighted by molar-refractivity contribution is -0.140. The van der Waals surface area contributed by atoms with E-state index in [1.54, 1.807) is 36.4 Å². The highest BCUT2D eigenvalue weighted by Gasteiger charge is 2.46. The second kappa shape index (κ2) is 7.49. The van der Waals surface area contributed by atoms with E-state index >= 15 is 0 Å². The van der Waals surface area contributed by atoms with Crippen molar-refractivity contribution in [1.82, 2.24) is 4.90 Å². The van der Waals surface area contributed by atoms with Crippen molar-refractivity contribution in [3.05, 3.63) is 77.1 Å². The van der Waals surface area contributed by atoms with Gasteiger partial charge in [-0.25, -0.2) is 4.39 Å². The van der Waals surface area contributed by atoms with Gasteiger partial charge in [0.1, 0.15) is 11.6 Å².